The summed E-state index contributed by atoms with van der Waals surface area (Å²) < 4.78 is 16.3. The fourth-order valence-corrected chi connectivity index (χ4v) is 3.29. The number of hydrogen-bond donors (Lipinski definition) is 1. The van der Waals surface area contributed by atoms with Crippen molar-refractivity contribution in [2.24, 2.45) is 0 Å². The van der Waals surface area contributed by atoms with Crippen LogP contribution in [0.1, 0.15) is 18.4 Å². The first-order valence-corrected chi connectivity index (χ1v) is 10.1. The molecule has 0 atom stereocenters. The van der Waals surface area contributed by atoms with Gasteiger partial charge in [-0.3, -0.25) is 9.59 Å². The van der Waals surface area contributed by atoms with Crippen LogP contribution in [-0.2, 0) is 9.59 Å². The number of carbonyl (C=O) groups is 2. The van der Waals surface area contributed by atoms with Gasteiger partial charge in [0, 0.05) is 19.1 Å². The number of aryl methyl sites for hydroxylation is 1. The number of benzene rings is 2. The Morgan fingerprint density at radius 3 is 2.30 bits per heavy atom. The molecule has 160 valence electrons. The number of piperidine rings is 1. The van der Waals surface area contributed by atoms with Gasteiger partial charge in [-0.25, -0.2) is 0 Å². The molecule has 0 radical (unpaired) electrons. The van der Waals surface area contributed by atoms with Crippen LogP contribution in [0, 0.1) is 6.92 Å². The van der Waals surface area contributed by atoms with E-state index < -0.39 is 0 Å². The van der Waals surface area contributed by atoms with E-state index in [9.17, 15) is 9.59 Å². The van der Waals surface area contributed by atoms with Gasteiger partial charge in [-0.2, -0.15) is 0 Å². The minimum Gasteiger partial charge on any atom is -0.493 e. The van der Waals surface area contributed by atoms with Gasteiger partial charge in [-0.15, -0.1) is 0 Å². The Morgan fingerprint density at radius 1 is 0.967 bits per heavy atom. The summed E-state index contributed by atoms with van der Waals surface area (Å²) >= 11 is 0. The minimum absolute atomic E-state index is 0.0207. The number of nitrogens with zero attached hydrogens (tertiary/aromatic N) is 1. The molecule has 1 heterocycles. The minimum atomic E-state index is -0.187. The second kappa shape index (κ2) is 10.5. The second-order valence-corrected chi connectivity index (χ2v) is 7.26. The number of likely N-dealkylation sites (tertiary alicyclic amines) is 1. The molecule has 1 N–H and O–H groups in total. The Kier molecular flexibility index (Phi) is 7.54. The van der Waals surface area contributed by atoms with Crippen molar-refractivity contribution in [3.05, 3.63) is 54.1 Å². The molecule has 1 aliphatic heterocycles. The second-order valence-electron chi connectivity index (χ2n) is 7.26. The highest BCUT2D eigenvalue weighted by atomic mass is 16.5. The maximum Gasteiger partial charge on any atom is 0.260 e. The highest BCUT2D eigenvalue weighted by Crippen LogP contribution is 2.25. The van der Waals surface area contributed by atoms with E-state index in [2.05, 4.69) is 5.32 Å². The Morgan fingerprint density at radius 2 is 1.63 bits per heavy atom. The highest BCUT2D eigenvalue weighted by molar-refractivity contribution is 5.79. The molecular weight excluding hydrogens is 384 g/mol. The molecule has 7 nitrogen and oxygen atoms in total. The molecule has 1 fully saturated rings. The molecule has 30 heavy (non-hydrogen) atoms. The third-order valence-corrected chi connectivity index (χ3v) is 5.02. The van der Waals surface area contributed by atoms with Crippen molar-refractivity contribution in [1.82, 2.24) is 10.2 Å². The summed E-state index contributed by atoms with van der Waals surface area (Å²) in [5.41, 5.74) is 1.14. The number of carbonyl (C=O) groups excluding carboxylic acids is 2. The number of hydrogen-bond acceptors (Lipinski definition) is 5. The van der Waals surface area contributed by atoms with Gasteiger partial charge in [0.2, 0.25) is 0 Å². The average Bonchev–Trinajstić information content (AvgIpc) is 2.77. The molecule has 7 heteroatoms. The fourth-order valence-electron chi connectivity index (χ4n) is 3.29. The Bertz CT molecular complexity index is 845. The lowest BCUT2D eigenvalue weighted by molar-refractivity contribution is -0.134. The largest absolute Gasteiger partial charge is 0.493 e. The van der Waals surface area contributed by atoms with Crippen LogP contribution in [0.25, 0.3) is 0 Å². The zero-order valence-corrected chi connectivity index (χ0v) is 17.4. The molecule has 0 aliphatic carbocycles. The summed E-state index contributed by atoms with van der Waals surface area (Å²) in [6, 6.07) is 14.8. The van der Waals surface area contributed by atoms with Crippen LogP contribution in [0.3, 0.4) is 0 Å². The topological polar surface area (TPSA) is 77.1 Å². The van der Waals surface area contributed by atoms with E-state index in [4.69, 9.17) is 14.2 Å². The number of para-hydroxylation sites is 2. The molecule has 2 amide bonds. The summed E-state index contributed by atoms with van der Waals surface area (Å²) in [7, 11) is 1.56. The van der Waals surface area contributed by atoms with Gasteiger partial charge in [-0.05, 0) is 44.0 Å². The third kappa shape index (κ3) is 6.14. The molecular formula is C23H28N2O5. The number of methoxy groups -OCH3 is 1. The molecule has 1 aliphatic rings. The predicted octanol–water partition coefficient (Wildman–Crippen LogP) is 2.57. The number of rotatable bonds is 8. The van der Waals surface area contributed by atoms with E-state index >= 15 is 0 Å². The fraction of sp³-hybridized carbons (Fsp3) is 0.391. The van der Waals surface area contributed by atoms with Crippen LogP contribution >= 0.6 is 0 Å². The highest BCUT2D eigenvalue weighted by Gasteiger charge is 2.24. The molecule has 3 rings (SSSR count). The van der Waals surface area contributed by atoms with Gasteiger partial charge in [0.25, 0.3) is 11.8 Å². The Hall–Kier alpha value is -3.22. The van der Waals surface area contributed by atoms with E-state index in [1.807, 2.05) is 43.3 Å². The average molecular weight is 412 g/mol. The molecule has 0 aromatic heterocycles. The van der Waals surface area contributed by atoms with Gasteiger partial charge in [-0.1, -0.05) is 29.8 Å². The molecule has 0 spiro atoms. The first kappa shape index (κ1) is 21.5. The predicted molar refractivity (Wildman–Crippen MR) is 113 cm³/mol. The van der Waals surface area contributed by atoms with E-state index in [1.165, 1.54) is 0 Å². The monoisotopic (exact) mass is 412 g/mol. The molecule has 0 saturated carbocycles. The smallest absolute Gasteiger partial charge is 0.260 e. The number of nitrogens with one attached hydrogen (secondary N) is 1. The van der Waals surface area contributed by atoms with Crippen molar-refractivity contribution < 1.29 is 23.8 Å². The van der Waals surface area contributed by atoms with Gasteiger partial charge in [0.15, 0.2) is 24.7 Å². The van der Waals surface area contributed by atoms with E-state index in [0.29, 0.717) is 43.2 Å². The van der Waals surface area contributed by atoms with Crippen molar-refractivity contribution in [3.8, 4) is 17.2 Å². The molecule has 2 aromatic rings. The third-order valence-electron chi connectivity index (χ3n) is 5.02. The van der Waals surface area contributed by atoms with Crippen molar-refractivity contribution in [2.75, 3.05) is 33.4 Å². The Balaban J connectivity index is 1.36. The van der Waals surface area contributed by atoms with E-state index in [-0.39, 0.29) is 31.1 Å². The lowest BCUT2D eigenvalue weighted by Gasteiger charge is -2.32. The lowest BCUT2D eigenvalue weighted by atomic mass is 10.1. The first-order chi connectivity index (χ1) is 14.5. The van der Waals surface area contributed by atoms with Crippen molar-refractivity contribution in [1.29, 1.82) is 0 Å². The summed E-state index contributed by atoms with van der Waals surface area (Å²) in [4.78, 5) is 26.4. The zero-order chi connectivity index (χ0) is 21.3. The SMILES string of the molecule is COc1ccccc1OCC(=O)NC1CCN(C(=O)COc2ccc(C)cc2)CC1. The Labute approximate surface area is 176 Å². The lowest BCUT2D eigenvalue weighted by Crippen LogP contribution is -2.48. The van der Waals surface area contributed by atoms with E-state index in [1.54, 1.807) is 24.1 Å². The molecule has 0 bridgehead atoms. The van der Waals surface area contributed by atoms with Gasteiger partial charge < -0.3 is 24.4 Å². The van der Waals surface area contributed by atoms with Crippen molar-refractivity contribution in [3.63, 3.8) is 0 Å². The van der Waals surface area contributed by atoms with Crippen LogP contribution in [0.15, 0.2) is 48.5 Å². The standard InChI is InChI=1S/C23H28N2O5/c1-17-7-9-19(10-8-17)29-16-23(27)25-13-11-18(12-14-25)24-22(26)15-30-21-6-4-3-5-20(21)28-2/h3-10,18H,11-16H2,1-2H3,(H,24,26). The maximum absolute atomic E-state index is 12.4. The van der Waals surface area contributed by atoms with Crippen molar-refractivity contribution >= 4 is 11.8 Å². The molecule has 2 aromatic carbocycles. The molecule has 1 saturated heterocycles. The molecule has 0 unspecified atom stereocenters. The summed E-state index contributed by atoms with van der Waals surface area (Å²) in [6.07, 6.45) is 1.41. The van der Waals surface area contributed by atoms with E-state index in [0.717, 1.165) is 5.56 Å². The summed E-state index contributed by atoms with van der Waals surface area (Å²) in [5, 5.41) is 2.98. The zero-order valence-electron chi connectivity index (χ0n) is 17.4. The normalized spacial score (nSPS) is 14.1. The number of ether oxygens (including phenoxy) is 3. The van der Waals surface area contributed by atoms with Gasteiger partial charge in [0.05, 0.1) is 7.11 Å². The maximum atomic E-state index is 12.4. The number of amides is 2. The van der Waals surface area contributed by atoms with Crippen LogP contribution in [0.5, 0.6) is 17.2 Å². The van der Waals surface area contributed by atoms with Crippen molar-refractivity contribution in [2.45, 2.75) is 25.8 Å². The van der Waals surface area contributed by atoms with Gasteiger partial charge in [0.1, 0.15) is 5.75 Å². The summed E-state index contributed by atoms with van der Waals surface area (Å²) in [6.45, 7) is 3.13. The quantitative estimate of drug-likeness (QED) is 0.721. The van der Waals surface area contributed by atoms with Crippen LogP contribution in [0.2, 0.25) is 0 Å². The summed E-state index contributed by atoms with van der Waals surface area (Å²) in [5.74, 6) is 1.58. The van der Waals surface area contributed by atoms with Crippen LogP contribution in [0.4, 0.5) is 0 Å². The van der Waals surface area contributed by atoms with Gasteiger partial charge >= 0.3 is 0 Å². The van der Waals surface area contributed by atoms with Crippen LogP contribution in [-0.4, -0.2) is 56.2 Å². The van der Waals surface area contributed by atoms with Crippen LogP contribution < -0.4 is 19.5 Å². The first-order valence-electron chi connectivity index (χ1n) is 10.1.